The van der Waals surface area contributed by atoms with Crippen molar-refractivity contribution >= 4 is 0 Å². The molecule has 0 saturated heterocycles. The Bertz CT molecular complexity index is 533. The smallest absolute Gasteiger partial charge is 0.127 e. The molecule has 2 rings (SSSR count). The summed E-state index contributed by atoms with van der Waals surface area (Å²) in [4.78, 5) is 0. The van der Waals surface area contributed by atoms with E-state index in [0.29, 0.717) is 16.7 Å². The number of nitrogens with zero attached hydrogens (tertiary/aromatic N) is 1. The molecule has 0 saturated carbocycles. The Morgan fingerprint density at radius 3 is 1.94 bits per heavy atom. The zero-order valence-corrected chi connectivity index (χ0v) is 8.38. The van der Waals surface area contributed by atoms with Gasteiger partial charge in [0.2, 0.25) is 0 Å². The first-order valence-corrected chi connectivity index (χ1v) is 4.74. The normalized spacial score (nSPS) is 9.69. The number of hydrogen-bond acceptors (Lipinski definition) is 3. The van der Waals surface area contributed by atoms with Gasteiger partial charge in [0.05, 0.1) is 17.2 Å². The third-order valence-electron chi connectivity index (χ3n) is 2.32. The van der Waals surface area contributed by atoms with E-state index in [2.05, 4.69) is 0 Å². The van der Waals surface area contributed by atoms with Crippen molar-refractivity contribution in [3.8, 4) is 28.7 Å². The van der Waals surface area contributed by atoms with Gasteiger partial charge in [-0.25, -0.2) is 0 Å². The van der Waals surface area contributed by atoms with Gasteiger partial charge in [-0.2, -0.15) is 5.26 Å². The SMILES string of the molecule is N#Cc1ccc(-c2c(O)cccc2O)cc1. The lowest BCUT2D eigenvalue weighted by Gasteiger charge is -2.06. The van der Waals surface area contributed by atoms with E-state index >= 15 is 0 Å². The molecule has 0 aliphatic heterocycles. The van der Waals surface area contributed by atoms with Gasteiger partial charge < -0.3 is 10.2 Å². The van der Waals surface area contributed by atoms with Crippen LogP contribution in [0, 0.1) is 11.3 Å². The number of nitriles is 1. The van der Waals surface area contributed by atoms with Gasteiger partial charge in [-0.15, -0.1) is 0 Å². The molecule has 0 spiro atoms. The van der Waals surface area contributed by atoms with E-state index in [0.717, 1.165) is 0 Å². The summed E-state index contributed by atoms with van der Waals surface area (Å²) in [6.45, 7) is 0. The van der Waals surface area contributed by atoms with Crippen LogP contribution in [0.1, 0.15) is 5.56 Å². The lowest BCUT2D eigenvalue weighted by molar-refractivity contribution is 0.454. The van der Waals surface area contributed by atoms with Crippen LogP contribution in [0.4, 0.5) is 0 Å². The number of aromatic hydroxyl groups is 2. The number of phenolic OH excluding ortho intramolecular Hbond substituents is 2. The maximum absolute atomic E-state index is 9.65. The molecule has 3 nitrogen and oxygen atoms in total. The quantitative estimate of drug-likeness (QED) is 0.762. The molecular formula is C13H9NO2. The third-order valence-corrected chi connectivity index (χ3v) is 2.32. The minimum atomic E-state index is 0.0182. The van der Waals surface area contributed by atoms with Gasteiger partial charge >= 0.3 is 0 Å². The van der Waals surface area contributed by atoms with Crippen molar-refractivity contribution in [2.45, 2.75) is 0 Å². The molecule has 0 bridgehead atoms. The lowest BCUT2D eigenvalue weighted by atomic mass is 10.0. The van der Waals surface area contributed by atoms with Crippen LogP contribution in [-0.2, 0) is 0 Å². The maximum atomic E-state index is 9.65. The summed E-state index contributed by atoms with van der Waals surface area (Å²) in [7, 11) is 0. The van der Waals surface area contributed by atoms with Crippen molar-refractivity contribution in [1.82, 2.24) is 0 Å². The van der Waals surface area contributed by atoms with Crippen molar-refractivity contribution in [3.05, 3.63) is 48.0 Å². The van der Waals surface area contributed by atoms with Crippen LogP contribution < -0.4 is 0 Å². The molecule has 0 heterocycles. The van der Waals surface area contributed by atoms with Crippen LogP contribution in [0.25, 0.3) is 11.1 Å². The molecule has 2 aromatic carbocycles. The standard InChI is InChI=1S/C13H9NO2/c14-8-9-4-6-10(7-5-9)13-11(15)2-1-3-12(13)16/h1-7,15-16H. The average molecular weight is 211 g/mol. The first-order valence-electron chi connectivity index (χ1n) is 4.74. The van der Waals surface area contributed by atoms with Gasteiger partial charge in [-0.05, 0) is 29.8 Å². The molecule has 0 radical (unpaired) electrons. The molecule has 0 fully saturated rings. The highest BCUT2D eigenvalue weighted by molar-refractivity contribution is 5.76. The third kappa shape index (κ3) is 1.69. The fourth-order valence-corrected chi connectivity index (χ4v) is 1.54. The van der Waals surface area contributed by atoms with E-state index in [1.54, 1.807) is 30.3 Å². The zero-order chi connectivity index (χ0) is 11.5. The first-order chi connectivity index (χ1) is 7.72. The molecule has 78 valence electrons. The Kier molecular flexibility index (Phi) is 2.49. The molecule has 3 heteroatoms. The molecule has 0 aliphatic rings. The van der Waals surface area contributed by atoms with E-state index in [1.165, 1.54) is 12.1 Å². The first kappa shape index (κ1) is 10.1. The Morgan fingerprint density at radius 2 is 1.44 bits per heavy atom. The van der Waals surface area contributed by atoms with Gasteiger partial charge in [0.1, 0.15) is 11.5 Å². The summed E-state index contributed by atoms with van der Waals surface area (Å²) in [5.74, 6) is 0.0365. The van der Waals surface area contributed by atoms with Gasteiger partial charge in [0, 0.05) is 0 Å². The predicted octanol–water partition coefficient (Wildman–Crippen LogP) is 2.64. The number of benzene rings is 2. The molecule has 2 aromatic rings. The van der Waals surface area contributed by atoms with Gasteiger partial charge in [0.15, 0.2) is 0 Å². The van der Waals surface area contributed by atoms with Crippen molar-refractivity contribution in [3.63, 3.8) is 0 Å². The van der Waals surface area contributed by atoms with Crippen molar-refractivity contribution in [2.75, 3.05) is 0 Å². The highest BCUT2D eigenvalue weighted by Gasteiger charge is 2.08. The van der Waals surface area contributed by atoms with E-state index in [4.69, 9.17) is 5.26 Å². The predicted molar refractivity (Wildman–Crippen MR) is 59.9 cm³/mol. The largest absolute Gasteiger partial charge is 0.507 e. The van der Waals surface area contributed by atoms with Crippen LogP contribution in [0.5, 0.6) is 11.5 Å². The fraction of sp³-hybridized carbons (Fsp3) is 0. The summed E-state index contributed by atoms with van der Waals surface area (Å²) in [6, 6.07) is 13.2. The molecule has 0 unspecified atom stereocenters. The highest BCUT2D eigenvalue weighted by Crippen LogP contribution is 2.36. The molecule has 16 heavy (non-hydrogen) atoms. The Balaban J connectivity index is 2.55. The second-order valence-corrected chi connectivity index (χ2v) is 3.36. The van der Waals surface area contributed by atoms with Gasteiger partial charge in [0.25, 0.3) is 0 Å². The summed E-state index contributed by atoms with van der Waals surface area (Å²) in [5, 5.41) is 28.0. The van der Waals surface area contributed by atoms with E-state index in [1.807, 2.05) is 6.07 Å². The number of phenols is 2. The second-order valence-electron chi connectivity index (χ2n) is 3.36. The van der Waals surface area contributed by atoms with E-state index < -0.39 is 0 Å². The maximum Gasteiger partial charge on any atom is 0.127 e. The van der Waals surface area contributed by atoms with Gasteiger partial charge in [-0.3, -0.25) is 0 Å². The van der Waals surface area contributed by atoms with E-state index in [-0.39, 0.29) is 11.5 Å². The van der Waals surface area contributed by atoms with Crippen LogP contribution in [0.15, 0.2) is 42.5 Å². The van der Waals surface area contributed by atoms with Crippen LogP contribution in [0.3, 0.4) is 0 Å². The van der Waals surface area contributed by atoms with Crippen molar-refractivity contribution < 1.29 is 10.2 Å². The van der Waals surface area contributed by atoms with Gasteiger partial charge in [-0.1, -0.05) is 18.2 Å². The zero-order valence-electron chi connectivity index (χ0n) is 8.38. The number of rotatable bonds is 1. The van der Waals surface area contributed by atoms with Crippen molar-refractivity contribution in [2.24, 2.45) is 0 Å². The van der Waals surface area contributed by atoms with Crippen LogP contribution in [-0.4, -0.2) is 10.2 Å². The Morgan fingerprint density at radius 1 is 0.875 bits per heavy atom. The van der Waals surface area contributed by atoms with E-state index in [9.17, 15) is 10.2 Å². The van der Waals surface area contributed by atoms with Crippen LogP contribution in [0.2, 0.25) is 0 Å². The monoisotopic (exact) mass is 211 g/mol. The molecule has 0 amide bonds. The molecule has 0 aliphatic carbocycles. The molecule has 2 N–H and O–H groups in total. The Hall–Kier alpha value is -2.47. The topological polar surface area (TPSA) is 64.2 Å². The summed E-state index contributed by atoms with van der Waals surface area (Å²) in [5.41, 5.74) is 1.60. The minimum Gasteiger partial charge on any atom is -0.507 e. The molecule has 0 atom stereocenters. The summed E-state index contributed by atoms with van der Waals surface area (Å²) < 4.78 is 0. The fourth-order valence-electron chi connectivity index (χ4n) is 1.54. The van der Waals surface area contributed by atoms with Crippen molar-refractivity contribution in [1.29, 1.82) is 5.26 Å². The average Bonchev–Trinajstić information content (AvgIpc) is 2.30. The number of hydrogen-bond donors (Lipinski definition) is 2. The second kappa shape index (κ2) is 3.95. The summed E-state index contributed by atoms with van der Waals surface area (Å²) >= 11 is 0. The van der Waals surface area contributed by atoms with Crippen LogP contribution >= 0.6 is 0 Å². The lowest BCUT2D eigenvalue weighted by Crippen LogP contribution is -1.81. The molecular weight excluding hydrogens is 202 g/mol. The minimum absolute atomic E-state index is 0.0182. The summed E-state index contributed by atoms with van der Waals surface area (Å²) in [6.07, 6.45) is 0. The molecule has 0 aromatic heterocycles. The Labute approximate surface area is 92.8 Å². The highest BCUT2D eigenvalue weighted by atomic mass is 16.3.